The summed E-state index contributed by atoms with van der Waals surface area (Å²) >= 11 is 1.48. The van der Waals surface area contributed by atoms with Gasteiger partial charge in [0.05, 0.1) is 7.11 Å². The molecule has 0 bridgehead atoms. The fraction of sp³-hybridized carbons (Fsp3) is 0.500. The molecule has 0 aromatic heterocycles. The maximum absolute atomic E-state index is 11.7. The minimum atomic E-state index is -0.717. The van der Waals surface area contributed by atoms with Gasteiger partial charge in [0.1, 0.15) is 17.1 Å². The highest BCUT2D eigenvalue weighted by Gasteiger charge is 2.50. The Morgan fingerprint density at radius 1 is 1.61 bits per heavy atom. The average Bonchev–Trinajstić information content (AvgIpc) is 2.42. The molecular weight excluding hydrogens is 260 g/mol. The number of hydrogen-bond donors (Lipinski definition) is 1. The lowest BCUT2D eigenvalue weighted by molar-refractivity contribution is -0.158. The Balaban J connectivity index is 2.00. The molecule has 1 unspecified atom stereocenters. The molecule has 2 aliphatic heterocycles. The van der Waals surface area contributed by atoms with E-state index in [4.69, 9.17) is 10.5 Å². The van der Waals surface area contributed by atoms with Crippen molar-refractivity contribution in [1.29, 1.82) is 0 Å². The average molecular weight is 272 g/mol. The number of ether oxygens (including phenoxy) is 2. The third-order valence-electron chi connectivity index (χ3n) is 2.65. The summed E-state index contributed by atoms with van der Waals surface area (Å²) < 4.78 is 9.09. The zero-order chi connectivity index (χ0) is 13.3. The lowest BCUT2D eigenvalue weighted by Crippen LogP contribution is -2.68. The van der Waals surface area contributed by atoms with E-state index in [1.807, 2.05) is 0 Å². The van der Waals surface area contributed by atoms with Crippen LogP contribution in [0.3, 0.4) is 0 Å². The monoisotopic (exact) mass is 272 g/mol. The number of hydrogen-bond acceptors (Lipinski definition) is 7. The number of carbonyl (C=O) groups excluding carboxylic acids is 3. The van der Waals surface area contributed by atoms with E-state index in [1.165, 1.54) is 23.8 Å². The normalized spacial score (nSPS) is 25.8. The van der Waals surface area contributed by atoms with Gasteiger partial charge in [0.15, 0.2) is 6.61 Å². The van der Waals surface area contributed by atoms with Gasteiger partial charge in [0.2, 0.25) is 5.91 Å². The van der Waals surface area contributed by atoms with Crippen molar-refractivity contribution in [3.63, 3.8) is 0 Å². The van der Waals surface area contributed by atoms with Crippen molar-refractivity contribution >= 4 is 29.6 Å². The largest absolute Gasteiger partial charge is 0.466 e. The van der Waals surface area contributed by atoms with Crippen molar-refractivity contribution in [3.05, 3.63) is 11.8 Å². The van der Waals surface area contributed by atoms with Crippen LogP contribution in [0.1, 0.15) is 0 Å². The predicted molar refractivity (Wildman–Crippen MR) is 62.1 cm³/mol. The molecule has 2 heterocycles. The van der Waals surface area contributed by atoms with E-state index in [1.54, 1.807) is 6.08 Å². The Morgan fingerprint density at radius 2 is 2.33 bits per heavy atom. The zero-order valence-electron chi connectivity index (χ0n) is 9.62. The van der Waals surface area contributed by atoms with Gasteiger partial charge in [0, 0.05) is 5.75 Å². The van der Waals surface area contributed by atoms with Gasteiger partial charge < -0.3 is 15.2 Å². The number of fused-ring (bicyclic) bond motifs is 1. The first-order valence-electron chi connectivity index (χ1n) is 5.20. The molecule has 0 aromatic rings. The van der Waals surface area contributed by atoms with Gasteiger partial charge in [-0.3, -0.25) is 9.69 Å². The third-order valence-corrected chi connectivity index (χ3v) is 3.85. The fourth-order valence-corrected chi connectivity index (χ4v) is 2.83. The van der Waals surface area contributed by atoms with Crippen molar-refractivity contribution in [2.24, 2.45) is 5.73 Å². The van der Waals surface area contributed by atoms with Crippen molar-refractivity contribution in [2.75, 3.05) is 19.5 Å². The van der Waals surface area contributed by atoms with Crippen molar-refractivity contribution < 1.29 is 23.9 Å². The van der Waals surface area contributed by atoms with Gasteiger partial charge in [-0.25, -0.2) is 9.59 Å². The van der Waals surface area contributed by atoms with E-state index in [2.05, 4.69) is 4.74 Å². The van der Waals surface area contributed by atoms with E-state index < -0.39 is 24.6 Å². The van der Waals surface area contributed by atoms with Crippen LogP contribution in [-0.2, 0) is 23.9 Å². The predicted octanol–water partition coefficient (Wildman–Crippen LogP) is -1.17. The number of amides is 1. The standard InChI is InChI=1S/C10H12N2O5S/c1-16-6(13)4-17-10(15)5-2-3-18-9-7(11)8(14)12(5)9/h2,7,9H,3-4,11H2,1H3/t7?,9-/m0/s1. The highest BCUT2D eigenvalue weighted by atomic mass is 32.2. The molecule has 1 fully saturated rings. The summed E-state index contributed by atoms with van der Waals surface area (Å²) in [5.74, 6) is -1.11. The maximum Gasteiger partial charge on any atom is 0.355 e. The summed E-state index contributed by atoms with van der Waals surface area (Å²) in [5, 5.41) is -0.219. The molecule has 0 aromatic carbocycles. The number of nitrogens with zero attached hydrogens (tertiary/aromatic N) is 1. The van der Waals surface area contributed by atoms with Crippen LogP contribution in [0.15, 0.2) is 11.8 Å². The molecule has 2 N–H and O–H groups in total. The Kier molecular flexibility index (Phi) is 3.58. The molecule has 0 aliphatic carbocycles. The van der Waals surface area contributed by atoms with Gasteiger partial charge in [-0.2, -0.15) is 0 Å². The minimum absolute atomic E-state index is 0.148. The molecule has 2 rings (SSSR count). The molecule has 98 valence electrons. The van der Waals surface area contributed by atoms with Crippen LogP contribution < -0.4 is 5.73 Å². The van der Waals surface area contributed by atoms with E-state index in [-0.39, 0.29) is 17.0 Å². The number of methoxy groups -OCH3 is 1. The minimum Gasteiger partial charge on any atom is -0.466 e. The molecule has 1 saturated heterocycles. The molecule has 8 heteroatoms. The van der Waals surface area contributed by atoms with E-state index in [0.29, 0.717) is 5.75 Å². The number of nitrogens with two attached hydrogens (primary N) is 1. The Morgan fingerprint density at radius 3 is 3.00 bits per heavy atom. The summed E-state index contributed by atoms with van der Waals surface area (Å²) in [7, 11) is 1.20. The van der Waals surface area contributed by atoms with E-state index >= 15 is 0 Å². The van der Waals surface area contributed by atoms with Gasteiger partial charge in [-0.05, 0) is 6.08 Å². The smallest absolute Gasteiger partial charge is 0.355 e. The van der Waals surface area contributed by atoms with Crippen LogP contribution in [0.4, 0.5) is 0 Å². The summed E-state index contributed by atoms with van der Waals surface area (Å²) in [6.45, 7) is -0.474. The molecule has 0 spiro atoms. The number of esters is 2. The van der Waals surface area contributed by atoms with Crippen LogP contribution in [0.2, 0.25) is 0 Å². The second-order valence-electron chi connectivity index (χ2n) is 3.70. The van der Waals surface area contributed by atoms with Gasteiger partial charge >= 0.3 is 11.9 Å². The number of carbonyl (C=O) groups is 3. The van der Waals surface area contributed by atoms with Crippen LogP contribution >= 0.6 is 11.8 Å². The van der Waals surface area contributed by atoms with Gasteiger partial charge in [0.25, 0.3) is 0 Å². The van der Waals surface area contributed by atoms with Crippen LogP contribution in [0.25, 0.3) is 0 Å². The lowest BCUT2D eigenvalue weighted by atomic mass is 10.1. The molecule has 7 nitrogen and oxygen atoms in total. The third kappa shape index (κ3) is 2.08. The van der Waals surface area contributed by atoms with Crippen molar-refractivity contribution in [1.82, 2.24) is 4.90 Å². The molecule has 2 atom stereocenters. The Hall–Kier alpha value is -1.54. The summed E-state index contributed by atoms with van der Waals surface area (Å²) in [5.41, 5.74) is 5.76. The molecule has 18 heavy (non-hydrogen) atoms. The molecule has 0 saturated carbocycles. The van der Waals surface area contributed by atoms with E-state index in [9.17, 15) is 14.4 Å². The SMILES string of the molecule is COC(=O)COC(=O)C1=CCS[C@H]2C(N)C(=O)N12. The van der Waals surface area contributed by atoms with Crippen LogP contribution in [0.5, 0.6) is 0 Å². The summed E-state index contributed by atoms with van der Waals surface area (Å²) in [4.78, 5) is 35.4. The van der Waals surface area contributed by atoms with Gasteiger partial charge in [-0.1, -0.05) is 0 Å². The number of β-lactam (4-membered cyclic amide) rings is 1. The summed E-state index contributed by atoms with van der Waals surface area (Å²) in [6.07, 6.45) is 1.59. The Labute approximate surface area is 107 Å². The number of thioether (sulfide) groups is 1. The second kappa shape index (κ2) is 4.99. The summed E-state index contributed by atoms with van der Waals surface area (Å²) in [6, 6.07) is -0.577. The van der Waals surface area contributed by atoms with Gasteiger partial charge in [-0.15, -0.1) is 11.8 Å². The first kappa shape index (κ1) is 12.9. The lowest BCUT2D eigenvalue weighted by Gasteiger charge is -2.46. The topological polar surface area (TPSA) is 98.9 Å². The zero-order valence-corrected chi connectivity index (χ0v) is 10.4. The first-order chi connectivity index (χ1) is 8.56. The van der Waals surface area contributed by atoms with E-state index in [0.717, 1.165) is 0 Å². The number of rotatable bonds is 3. The van der Waals surface area contributed by atoms with Crippen molar-refractivity contribution in [2.45, 2.75) is 11.4 Å². The molecule has 0 radical (unpaired) electrons. The van der Waals surface area contributed by atoms with Crippen molar-refractivity contribution in [3.8, 4) is 0 Å². The first-order valence-corrected chi connectivity index (χ1v) is 6.25. The molecular formula is C10H12N2O5S. The fourth-order valence-electron chi connectivity index (χ4n) is 1.68. The highest BCUT2D eigenvalue weighted by molar-refractivity contribution is 8.00. The quantitative estimate of drug-likeness (QED) is 0.510. The molecule has 2 aliphatic rings. The molecule has 1 amide bonds. The highest BCUT2D eigenvalue weighted by Crippen LogP contribution is 2.36. The van der Waals surface area contributed by atoms with Crippen LogP contribution in [-0.4, -0.2) is 53.6 Å². The second-order valence-corrected chi connectivity index (χ2v) is 4.85. The van der Waals surface area contributed by atoms with Crippen LogP contribution in [0, 0.1) is 0 Å². The Bertz CT molecular complexity index is 436. The maximum atomic E-state index is 11.7.